The average Bonchev–Trinajstić information content (AvgIpc) is 2.39. The standard InChI is InChI=1S/C16H18/c1-2-7-13(8-3-1)16-12-6-10-14-9-4-5-11-15(14)16/h2,4-7,9,11-13,16H,1,3,8,10H2. The Morgan fingerprint density at radius 2 is 1.94 bits per heavy atom. The summed E-state index contributed by atoms with van der Waals surface area (Å²) >= 11 is 0. The van der Waals surface area contributed by atoms with Gasteiger partial charge in [-0.2, -0.15) is 0 Å². The highest BCUT2D eigenvalue weighted by atomic mass is 14.3. The van der Waals surface area contributed by atoms with E-state index < -0.39 is 0 Å². The lowest BCUT2D eigenvalue weighted by atomic mass is 9.76. The first-order valence-corrected chi connectivity index (χ1v) is 6.36. The van der Waals surface area contributed by atoms with Gasteiger partial charge in [0, 0.05) is 5.92 Å². The lowest BCUT2D eigenvalue weighted by Crippen LogP contribution is -2.15. The van der Waals surface area contributed by atoms with E-state index in [1.807, 2.05) is 0 Å². The molecule has 0 spiro atoms. The third kappa shape index (κ3) is 1.73. The van der Waals surface area contributed by atoms with Crippen LogP contribution in [-0.4, -0.2) is 0 Å². The molecule has 1 aromatic carbocycles. The summed E-state index contributed by atoms with van der Waals surface area (Å²) in [6.45, 7) is 0. The van der Waals surface area contributed by atoms with Crippen LogP contribution in [0.1, 0.15) is 36.3 Å². The summed E-state index contributed by atoms with van der Waals surface area (Å²) in [5, 5.41) is 0. The molecule has 0 aliphatic heterocycles. The van der Waals surface area contributed by atoms with Crippen LogP contribution in [0.5, 0.6) is 0 Å². The van der Waals surface area contributed by atoms with Gasteiger partial charge in [0.25, 0.3) is 0 Å². The predicted molar refractivity (Wildman–Crippen MR) is 68.5 cm³/mol. The fourth-order valence-corrected chi connectivity index (χ4v) is 3.00. The normalized spacial score (nSPS) is 27.8. The van der Waals surface area contributed by atoms with E-state index in [4.69, 9.17) is 0 Å². The number of allylic oxidation sites excluding steroid dienone is 4. The second kappa shape index (κ2) is 4.29. The first-order chi connectivity index (χ1) is 7.95. The second-order valence-electron chi connectivity index (χ2n) is 4.88. The average molecular weight is 210 g/mol. The molecule has 2 unspecified atom stereocenters. The minimum absolute atomic E-state index is 0.626. The van der Waals surface area contributed by atoms with Crippen LogP contribution in [0, 0.1) is 5.92 Å². The molecule has 0 nitrogen and oxygen atoms in total. The van der Waals surface area contributed by atoms with Gasteiger partial charge in [-0.15, -0.1) is 0 Å². The minimum atomic E-state index is 0.626. The van der Waals surface area contributed by atoms with Crippen molar-refractivity contribution in [3.8, 4) is 0 Å². The van der Waals surface area contributed by atoms with Crippen LogP contribution in [0.15, 0.2) is 48.6 Å². The van der Waals surface area contributed by atoms with E-state index in [1.54, 1.807) is 5.56 Å². The molecular formula is C16H18. The van der Waals surface area contributed by atoms with Crippen molar-refractivity contribution in [3.63, 3.8) is 0 Å². The molecule has 0 N–H and O–H groups in total. The Morgan fingerprint density at radius 3 is 2.81 bits per heavy atom. The largest absolute Gasteiger partial charge is 0.0882 e. The maximum atomic E-state index is 2.43. The van der Waals surface area contributed by atoms with E-state index in [1.165, 1.54) is 24.8 Å². The highest BCUT2D eigenvalue weighted by molar-refractivity contribution is 5.39. The molecule has 0 radical (unpaired) electrons. The van der Waals surface area contributed by atoms with Crippen LogP contribution in [-0.2, 0) is 6.42 Å². The van der Waals surface area contributed by atoms with Gasteiger partial charge in [0.2, 0.25) is 0 Å². The Balaban J connectivity index is 1.95. The number of benzene rings is 1. The fourth-order valence-electron chi connectivity index (χ4n) is 3.00. The summed E-state index contributed by atoms with van der Waals surface area (Å²) in [6.07, 6.45) is 14.6. The van der Waals surface area contributed by atoms with Gasteiger partial charge >= 0.3 is 0 Å². The Morgan fingerprint density at radius 1 is 1.00 bits per heavy atom. The number of hydrogen-bond acceptors (Lipinski definition) is 0. The minimum Gasteiger partial charge on any atom is -0.0882 e. The van der Waals surface area contributed by atoms with Gasteiger partial charge < -0.3 is 0 Å². The van der Waals surface area contributed by atoms with Crippen LogP contribution in [0.3, 0.4) is 0 Å². The molecule has 1 aromatic rings. The molecule has 0 saturated heterocycles. The number of fused-ring (bicyclic) bond motifs is 1. The second-order valence-corrected chi connectivity index (χ2v) is 4.88. The zero-order chi connectivity index (χ0) is 10.8. The molecule has 2 aliphatic rings. The maximum absolute atomic E-state index is 2.43. The molecule has 0 aromatic heterocycles. The van der Waals surface area contributed by atoms with E-state index in [-0.39, 0.29) is 0 Å². The quantitative estimate of drug-likeness (QED) is 0.608. The fraction of sp³-hybridized carbons (Fsp3) is 0.375. The zero-order valence-electron chi connectivity index (χ0n) is 9.60. The molecule has 2 aliphatic carbocycles. The Bertz CT molecular complexity index is 425. The van der Waals surface area contributed by atoms with Crippen LogP contribution < -0.4 is 0 Å². The monoisotopic (exact) mass is 210 g/mol. The van der Waals surface area contributed by atoms with E-state index >= 15 is 0 Å². The van der Waals surface area contributed by atoms with Crippen LogP contribution >= 0.6 is 0 Å². The third-order valence-electron chi connectivity index (χ3n) is 3.85. The summed E-state index contributed by atoms with van der Waals surface area (Å²) in [5.74, 6) is 1.35. The zero-order valence-corrected chi connectivity index (χ0v) is 9.60. The SMILES string of the molecule is C1=CC(C2C=CCc3ccccc32)CCC1. The summed E-state index contributed by atoms with van der Waals surface area (Å²) in [4.78, 5) is 0. The molecule has 0 heteroatoms. The Labute approximate surface area is 97.7 Å². The highest BCUT2D eigenvalue weighted by Crippen LogP contribution is 2.37. The van der Waals surface area contributed by atoms with Gasteiger partial charge in [-0.1, -0.05) is 48.6 Å². The molecule has 0 amide bonds. The van der Waals surface area contributed by atoms with E-state index in [2.05, 4.69) is 48.6 Å². The number of rotatable bonds is 1. The third-order valence-corrected chi connectivity index (χ3v) is 3.85. The number of hydrogen-bond donors (Lipinski definition) is 0. The Hall–Kier alpha value is -1.30. The highest BCUT2D eigenvalue weighted by Gasteiger charge is 2.23. The molecule has 3 rings (SSSR count). The van der Waals surface area contributed by atoms with E-state index in [0.717, 1.165) is 12.3 Å². The molecule has 16 heavy (non-hydrogen) atoms. The molecule has 0 heterocycles. The molecular weight excluding hydrogens is 192 g/mol. The van der Waals surface area contributed by atoms with E-state index in [0.29, 0.717) is 5.92 Å². The van der Waals surface area contributed by atoms with Crippen LogP contribution in [0.2, 0.25) is 0 Å². The summed E-state index contributed by atoms with van der Waals surface area (Å²) in [5.41, 5.74) is 3.08. The van der Waals surface area contributed by atoms with Gasteiger partial charge in [-0.3, -0.25) is 0 Å². The maximum Gasteiger partial charge on any atom is 0.00837 e. The first kappa shape index (κ1) is 9.89. The summed E-state index contributed by atoms with van der Waals surface area (Å²) < 4.78 is 0. The lowest BCUT2D eigenvalue weighted by molar-refractivity contribution is 0.493. The van der Waals surface area contributed by atoms with Crippen molar-refractivity contribution in [1.29, 1.82) is 0 Å². The Kier molecular flexibility index (Phi) is 2.65. The van der Waals surface area contributed by atoms with Crippen LogP contribution in [0.4, 0.5) is 0 Å². The van der Waals surface area contributed by atoms with Gasteiger partial charge in [-0.05, 0) is 42.7 Å². The van der Waals surface area contributed by atoms with Gasteiger partial charge in [0.1, 0.15) is 0 Å². The predicted octanol–water partition coefficient (Wildman–Crippen LogP) is 4.24. The molecule has 0 fully saturated rings. The first-order valence-electron chi connectivity index (χ1n) is 6.36. The van der Waals surface area contributed by atoms with Crippen molar-refractivity contribution in [2.45, 2.75) is 31.6 Å². The van der Waals surface area contributed by atoms with E-state index in [9.17, 15) is 0 Å². The summed E-state index contributed by atoms with van der Waals surface area (Å²) in [7, 11) is 0. The summed E-state index contributed by atoms with van der Waals surface area (Å²) in [6, 6.07) is 8.92. The van der Waals surface area contributed by atoms with Crippen LogP contribution in [0.25, 0.3) is 0 Å². The van der Waals surface area contributed by atoms with Crippen molar-refractivity contribution in [3.05, 3.63) is 59.7 Å². The van der Waals surface area contributed by atoms with Crippen molar-refractivity contribution in [1.82, 2.24) is 0 Å². The molecule has 0 bridgehead atoms. The van der Waals surface area contributed by atoms with Gasteiger partial charge in [0.05, 0.1) is 0 Å². The molecule has 82 valence electrons. The van der Waals surface area contributed by atoms with Gasteiger partial charge in [0.15, 0.2) is 0 Å². The smallest absolute Gasteiger partial charge is 0.00837 e. The van der Waals surface area contributed by atoms with Crippen molar-refractivity contribution < 1.29 is 0 Å². The lowest BCUT2D eigenvalue weighted by Gasteiger charge is -2.28. The van der Waals surface area contributed by atoms with Crippen molar-refractivity contribution in [2.24, 2.45) is 5.92 Å². The van der Waals surface area contributed by atoms with Gasteiger partial charge in [-0.25, -0.2) is 0 Å². The molecule has 2 atom stereocenters. The van der Waals surface area contributed by atoms with Crippen molar-refractivity contribution in [2.75, 3.05) is 0 Å². The topological polar surface area (TPSA) is 0 Å². The molecule has 0 saturated carbocycles. The van der Waals surface area contributed by atoms with Crippen molar-refractivity contribution >= 4 is 0 Å².